The summed E-state index contributed by atoms with van der Waals surface area (Å²) in [7, 11) is 0. The predicted molar refractivity (Wildman–Crippen MR) is 154 cm³/mol. The van der Waals surface area contributed by atoms with Crippen molar-refractivity contribution in [3.63, 3.8) is 0 Å². The van der Waals surface area contributed by atoms with Crippen LogP contribution in [0.5, 0.6) is 0 Å². The average Bonchev–Trinajstić information content (AvgIpc) is 3.38. The lowest BCUT2D eigenvalue weighted by atomic mass is 10.1. The maximum absolute atomic E-state index is 12.2. The average molecular weight is 550 g/mol. The standard InChI is InChI=1S/C23H31NO4S.C5H8F2.C2H2/c1-5-9-17(4)11-8-12-18(7-3)28-19(10-6-2)20-13-14-21(29-20)23(27)24-16-15-22(25)26;1-2-3-4-5(6)7;1-2/h5,7-9,12-14,19H,1,6,10-11,15-16H2,2-4H3,(H,24,27)(H,25,26);2-3,5H,4H2,1H3;1-2H/b12-8-,17-9+,18-7+;3-2-;. The van der Waals surface area contributed by atoms with Crippen LogP contribution in [0.4, 0.5) is 8.78 Å². The zero-order chi connectivity index (χ0) is 29.3. The Kier molecular flexibility index (Phi) is 23.1. The van der Waals surface area contributed by atoms with Crippen molar-refractivity contribution in [2.45, 2.75) is 72.3 Å². The van der Waals surface area contributed by atoms with Crippen LogP contribution in [0.2, 0.25) is 0 Å². The van der Waals surface area contributed by atoms with E-state index in [2.05, 4.69) is 44.7 Å². The van der Waals surface area contributed by atoms with Crippen molar-refractivity contribution in [2.24, 2.45) is 0 Å². The first-order valence-electron chi connectivity index (χ1n) is 12.3. The molecule has 1 aromatic rings. The summed E-state index contributed by atoms with van der Waals surface area (Å²) in [6.45, 7) is 11.6. The summed E-state index contributed by atoms with van der Waals surface area (Å²) in [4.78, 5) is 24.3. The first-order valence-corrected chi connectivity index (χ1v) is 13.1. The highest BCUT2D eigenvalue weighted by Gasteiger charge is 2.18. The molecule has 0 aliphatic heterocycles. The number of amides is 1. The molecule has 0 fully saturated rings. The van der Waals surface area contributed by atoms with E-state index in [1.807, 2.05) is 31.2 Å². The van der Waals surface area contributed by atoms with Gasteiger partial charge < -0.3 is 15.2 Å². The van der Waals surface area contributed by atoms with Gasteiger partial charge in [0.15, 0.2) is 0 Å². The van der Waals surface area contributed by atoms with Gasteiger partial charge in [-0.2, -0.15) is 0 Å². The van der Waals surface area contributed by atoms with Crippen LogP contribution in [0, 0.1) is 12.8 Å². The van der Waals surface area contributed by atoms with Gasteiger partial charge in [0.25, 0.3) is 5.91 Å². The highest BCUT2D eigenvalue weighted by Crippen LogP contribution is 2.31. The Hall–Kier alpha value is -3.44. The molecule has 0 saturated carbocycles. The van der Waals surface area contributed by atoms with Crippen LogP contribution >= 0.6 is 11.3 Å². The zero-order valence-electron chi connectivity index (χ0n) is 22.8. The number of halogens is 2. The molecular formula is C30H41F2NO4S. The molecule has 1 amide bonds. The molecular weight excluding hydrogens is 508 g/mol. The van der Waals surface area contributed by atoms with E-state index < -0.39 is 12.4 Å². The molecule has 0 spiro atoms. The molecule has 0 aromatic carbocycles. The van der Waals surface area contributed by atoms with Crippen molar-refractivity contribution in [3.8, 4) is 12.8 Å². The second kappa shape index (κ2) is 23.9. The Morgan fingerprint density at radius 3 is 2.42 bits per heavy atom. The molecule has 1 unspecified atom stereocenters. The third-order valence-corrected chi connectivity index (χ3v) is 5.76. The highest BCUT2D eigenvalue weighted by atomic mass is 32.1. The number of alkyl halides is 2. The Labute approximate surface area is 230 Å². The normalized spacial score (nSPS) is 12.3. The van der Waals surface area contributed by atoms with Crippen molar-refractivity contribution in [2.75, 3.05) is 6.54 Å². The van der Waals surface area contributed by atoms with Crippen molar-refractivity contribution < 1.29 is 28.2 Å². The van der Waals surface area contributed by atoms with Gasteiger partial charge in [-0.15, -0.1) is 24.2 Å². The summed E-state index contributed by atoms with van der Waals surface area (Å²) in [5, 5.41) is 11.3. The van der Waals surface area contributed by atoms with Crippen molar-refractivity contribution in [1.29, 1.82) is 0 Å². The van der Waals surface area contributed by atoms with E-state index in [9.17, 15) is 18.4 Å². The zero-order valence-corrected chi connectivity index (χ0v) is 23.6. The summed E-state index contributed by atoms with van der Waals surface area (Å²) in [5.41, 5.74) is 1.22. The second-order valence-corrected chi connectivity index (χ2v) is 8.85. The minimum atomic E-state index is -2.18. The number of nitrogens with one attached hydrogen (secondary N) is 1. The van der Waals surface area contributed by atoms with Gasteiger partial charge >= 0.3 is 5.97 Å². The third-order valence-electron chi connectivity index (χ3n) is 4.58. The lowest BCUT2D eigenvalue weighted by molar-refractivity contribution is -0.136. The molecule has 0 aliphatic rings. The fourth-order valence-electron chi connectivity index (χ4n) is 2.78. The fraction of sp³-hybridized carbons (Fsp3) is 0.400. The minimum absolute atomic E-state index is 0.0933. The number of aliphatic carboxylic acids is 1. The Morgan fingerprint density at radius 2 is 1.92 bits per heavy atom. The Balaban J connectivity index is 0. The van der Waals surface area contributed by atoms with E-state index in [0.29, 0.717) is 4.88 Å². The molecule has 5 nitrogen and oxygen atoms in total. The molecule has 210 valence electrons. The molecule has 2 N–H and O–H groups in total. The van der Waals surface area contributed by atoms with Crippen molar-refractivity contribution >= 4 is 23.2 Å². The summed E-state index contributed by atoms with van der Waals surface area (Å²) in [6, 6.07) is 3.67. The lowest BCUT2D eigenvalue weighted by Gasteiger charge is -2.18. The molecule has 8 heteroatoms. The van der Waals surface area contributed by atoms with E-state index in [-0.39, 0.29) is 31.4 Å². The van der Waals surface area contributed by atoms with E-state index in [1.54, 1.807) is 25.1 Å². The number of hydrogen-bond donors (Lipinski definition) is 2. The van der Waals surface area contributed by atoms with Gasteiger partial charge in [0.1, 0.15) is 11.9 Å². The number of hydrogen-bond acceptors (Lipinski definition) is 4. The molecule has 1 aromatic heterocycles. The fourth-order valence-corrected chi connectivity index (χ4v) is 3.76. The maximum Gasteiger partial charge on any atom is 0.305 e. The first kappa shape index (κ1) is 36.7. The van der Waals surface area contributed by atoms with Crippen LogP contribution in [0.15, 0.2) is 72.6 Å². The van der Waals surface area contributed by atoms with Crippen LogP contribution in [0.1, 0.15) is 80.5 Å². The number of carbonyl (C=O) groups is 2. The van der Waals surface area contributed by atoms with Gasteiger partial charge in [-0.25, -0.2) is 8.78 Å². The summed E-state index contributed by atoms with van der Waals surface area (Å²) < 4.78 is 28.6. The minimum Gasteiger partial charge on any atom is -0.485 e. The molecule has 0 saturated heterocycles. The summed E-state index contributed by atoms with van der Waals surface area (Å²) >= 11 is 1.38. The number of ether oxygens (including phenoxy) is 1. The van der Waals surface area contributed by atoms with E-state index in [4.69, 9.17) is 9.84 Å². The smallest absolute Gasteiger partial charge is 0.305 e. The van der Waals surface area contributed by atoms with Gasteiger partial charge in [-0.1, -0.05) is 55.9 Å². The summed E-state index contributed by atoms with van der Waals surface area (Å²) in [6.07, 6.45) is 20.9. The molecule has 1 heterocycles. The number of allylic oxidation sites excluding steroid dienone is 8. The van der Waals surface area contributed by atoms with Gasteiger partial charge in [0, 0.05) is 17.8 Å². The Morgan fingerprint density at radius 1 is 1.24 bits per heavy atom. The Bertz CT molecular complexity index is 958. The molecule has 38 heavy (non-hydrogen) atoms. The van der Waals surface area contributed by atoms with E-state index in [0.717, 1.165) is 29.9 Å². The molecule has 0 radical (unpaired) electrons. The number of carboxylic acid groups (broad SMARTS) is 1. The SMILES string of the molecule is C#C.C/C=C\CC(F)F.C=C/C=C(\C)C/C=C\C(=C/C)OC(CCC)c1ccc(C(=O)NCCC(=O)O)s1. The van der Waals surface area contributed by atoms with Crippen LogP contribution in [-0.4, -0.2) is 30.0 Å². The third kappa shape index (κ3) is 18.8. The lowest BCUT2D eigenvalue weighted by Crippen LogP contribution is -2.25. The number of thiophene rings is 1. The predicted octanol–water partition coefficient (Wildman–Crippen LogP) is 8.26. The van der Waals surface area contributed by atoms with Gasteiger partial charge in [0.2, 0.25) is 6.43 Å². The molecule has 1 rings (SSSR count). The van der Waals surface area contributed by atoms with Crippen molar-refractivity contribution in [1.82, 2.24) is 5.32 Å². The maximum atomic E-state index is 12.2. The van der Waals surface area contributed by atoms with Crippen LogP contribution in [-0.2, 0) is 9.53 Å². The van der Waals surface area contributed by atoms with Gasteiger partial charge in [0.05, 0.1) is 11.3 Å². The largest absolute Gasteiger partial charge is 0.485 e. The number of terminal acetylenes is 1. The summed E-state index contributed by atoms with van der Waals surface area (Å²) in [5.74, 6) is -0.403. The first-order chi connectivity index (χ1) is 18.2. The van der Waals surface area contributed by atoms with Crippen molar-refractivity contribution in [3.05, 3.63) is 82.3 Å². The number of carboxylic acids is 1. The topological polar surface area (TPSA) is 75.6 Å². The van der Waals surface area contributed by atoms with E-state index in [1.165, 1.54) is 23.0 Å². The van der Waals surface area contributed by atoms with Gasteiger partial charge in [-0.05, 0) is 57.9 Å². The number of carbonyl (C=O) groups excluding carboxylic acids is 1. The van der Waals surface area contributed by atoms with E-state index >= 15 is 0 Å². The molecule has 0 bridgehead atoms. The second-order valence-electron chi connectivity index (χ2n) is 7.74. The quantitative estimate of drug-likeness (QED) is 0.0999. The molecule has 1 atom stereocenters. The monoisotopic (exact) mass is 549 g/mol. The number of rotatable bonds is 15. The van der Waals surface area contributed by atoms with Crippen LogP contribution in [0.25, 0.3) is 0 Å². The van der Waals surface area contributed by atoms with Gasteiger partial charge in [-0.3, -0.25) is 9.59 Å². The van der Waals surface area contributed by atoms with Crippen LogP contribution < -0.4 is 5.32 Å². The highest BCUT2D eigenvalue weighted by molar-refractivity contribution is 7.14. The van der Waals surface area contributed by atoms with Crippen LogP contribution in [0.3, 0.4) is 0 Å². The molecule has 0 aliphatic carbocycles.